The number of carbonyl (C=O) groups excluding carboxylic acids is 1. The molecule has 1 amide bonds. The maximum atomic E-state index is 11.2. The molecule has 2 nitrogen and oxygen atoms in total. The van der Waals surface area contributed by atoms with Crippen molar-refractivity contribution in [2.45, 2.75) is 6.42 Å². The minimum Gasteiger partial charge on any atom is -0.352 e. The molecule has 0 aliphatic carbocycles. The fraction of sp³-hybridized carbons (Fsp3) is 0.222. The standard InChI is InChI=1S/C9H9NO/c11-9-8-4-2-1-3-7(8)5-6-10-9/h1-4H,5-6H2,(H,10,11)/i9+1. The van der Waals surface area contributed by atoms with E-state index in [2.05, 4.69) is 5.32 Å². The van der Waals surface area contributed by atoms with Gasteiger partial charge in [0.15, 0.2) is 0 Å². The number of rotatable bonds is 0. The number of fused-ring (bicyclic) bond motifs is 1. The van der Waals surface area contributed by atoms with Crippen LogP contribution >= 0.6 is 0 Å². The molecular weight excluding hydrogens is 139 g/mol. The maximum absolute atomic E-state index is 11.2. The van der Waals surface area contributed by atoms with E-state index in [1.807, 2.05) is 24.3 Å². The average molecular weight is 148 g/mol. The SMILES string of the molecule is O=[13C]1NCCc2ccccc21. The Kier molecular flexibility index (Phi) is 1.39. The Balaban J connectivity index is 2.52. The minimum atomic E-state index is 0.0619. The average Bonchev–Trinajstić information content (AvgIpc) is 2.06. The van der Waals surface area contributed by atoms with Gasteiger partial charge in [-0.3, -0.25) is 4.79 Å². The first kappa shape index (κ1) is 6.40. The van der Waals surface area contributed by atoms with Crippen LogP contribution in [-0.4, -0.2) is 12.5 Å². The van der Waals surface area contributed by atoms with E-state index in [-0.39, 0.29) is 5.91 Å². The van der Waals surface area contributed by atoms with E-state index in [1.165, 1.54) is 0 Å². The molecule has 1 heterocycles. The van der Waals surface area contributed by atoms with Gasteiger partial charge in [-0.15, -0.1) is 0 Å². The predicted molar refractivity (Wildman–Crippen MR) is 42.5 cm³/mol. The maximum Gasteiger partial charge on any atom is 0.251 e. The molecule has 0 saturated heterocycles. The van der Waals surface area contributed by atoms with Crippen LogP contribution in [-0.2, 0) is 6.42 Å². The quantitative estimate of drug-likeness (QED) is 0.546. The van der Waals surface area contributed by atoms with Crippen LogP contribution in [0.15, 0.2) is 24.3 Å². The summed E-state index contributed by atoms with van der Waals surface area (Å²) < 4.78 is 0. The second-order valence-electron chi connectivity index (χ2n) is 2.66. The Labute approximate surface area is 65.2 Å². The summed E-state index contributed by atoms with van der Waals surface area (Å²) >= 11 is 0. The van der Waals surface area contributed by atoms with Crippen molar-refractivity contribution in [3.05, 3.63) is 35.4 Å². The molecule has 1 aliphatic heterocycles. The van der Waals surface area contributed by atoms with Gasteiger partial charge in [0.05, 0.1) is 0 Å². The predicted octanol–water partition coefficient (Wildman–Crippen LogP) is 0.972. The largest absolute Gasteiger partial charge is 0.352 e. The summed E-state index contributed by atoms with van der Waals surface area (Å²) in [6, 6.07) is 7.74. The fourth-order valence-electron chi connectivity index (χ4n) is 1.37. The molecular formula is C9H9NO. The summed E-state index contributed by atoms with van der Waals surface area (Å²) in [5, 5.41) is 2.80. The number of amides is 1. The van der Waals surface area contributed by atoms with Gasteiger partial charge in [0.1, 0.15) is 0 Å². The second-order valence-corrected chi connectivity index (χ2v) is 2.66. The van der Waals surface area contributed by atoms with Crippen molar-refractivity contribution < 1.29 is 4.79 Å². The van der Waals surface area contributed by atoms with E-state index in [4.69, 9.17) is 0 Å². The van der Waals surface area contributed by atoms with Gasteiger partial charge in [-0.1, -0.05) is 18.2 Å². The smallest absolute Gasteiger partial charge is 0.251 e. The molecule has 1 aliphatic rings. The highest BCUT2D eigenvalue weighted by Gasteiger charge is 2.14. The number of nitrogens with one attached hydrogen (secondary N) is 1. The molecule has 0 bridgehead atoms. The topological polar surface area (TPSA) is 29.1 Å². The third kappa shape index (κ3) is 1.00. The highest BCUT2D eigenvalue weighted by Crippen LogP contribution is 2.11. The lowest BCUT2D eigenvalue weighted by molar-refractivity contribution is 0.0946. The molecule has 0 unspecified atom stereocenters. The molecule has 0 saturated carbocycles. The van der Waals surface area contributed by atoms with Gasteiger partial charge < -0.3 is 5.32 Å². The molecule has 0 aromatic heterocycles. The zero-order valence-corrected chi connectivity index (χ0v) is 6.13. The van der Waals surface area contributed by atoms with Gasteiger partial charge in [0.2, 0.25) is 0 Å². The van der Waals surface area contributed by atoms with E-state index < -0.39 is 0 Å². The second kappa shape index (κ2) is 2.38. The highest BCUT2D eigenvalue weighted by molar-refractivity contribution is 5.96. The molecule has 1 aromatic carbocycles. The first-order valence-electron chi connectivity index (χ1n) is 3.74. The summed E-state index contributed by atoms with van der Waals surface area (Å²) in [6.07, 6.45) is 0.960. The molecule has 0 radical (unpaired) electrons. The summed E-state index contributed by atoms with van der Waals surface area (Å²) in [7, 11) is 0. The highest BCUT2D eigenvalue weighted by atomic mass is 16.2. The zero-order valence-electron chi connectivity index (χ0n) is 6.13. The summed E-state index contributed by atoms with van der Waals surface area (Å²) in [6.45, 7) is 0.774. The fourth-order valence-corrected chi connectivity index (χ4v) is 1.37. The molecule has 2 heteroatoms. The van der Waals surface area contributed by atoms with Gasteiger partial charge in [0, 0.05) is 12.1 Å². The van der Waals surface area contributed by atoms with Crippen molar-refractivity contribution in [1.82, 2.24) is 5.32 Å². The Hall–Kier alpha value is -1.31. The monoisotopic (exact) mass is 148 g/mol. The third-order valence-electron chi connectivity index (χ3n) is 1.94. The van der Waals surface area contributed by atoms with Crippen LogP contribution in [0.3, 0.4) is 0 Å². The van der Waals surface area contributed by atoms with E-state index >= 15 is 0 Å². The Bertz CT molecular complexity index is 293. The van der Waals surface area contributed by atoms with Gasteiger partial charge in [-0.05, 0) is 18.1 Å². The summed E-state index contributed by atoms with van der Waals surface area (Å²) in [5.41, 5.74) is 2.00. The Morgan fingerprint density at radius 1 is 1.27 bits per heavy atom. The Morgan fingerprint density at radius 2 is 2.09 bits per heavy atom. The molecule has 1 N–H and O–H groups in total. The number of hydrogen-bond donors (Lipinski definition) is 1. The summed E-state index contributed by atoms with van der Waals surface area (Å²) in [5.74, 6) is 0.0619. The molecule has 56 valence electrons. The minimum absolute atomic E-state index is 0.0619. The van der Waals surface area contributed by atoms with E-state index in [0.29, 0.717) is 0 Å². The molecule has 11 heavy (non-hydrogen) atoms. The molecule has 0 spiro atoms. The first-order valence-corrected chi connectivity index (χ1v) is 3.74. The van der Waals surface area contributed by atoms with Crippen LogP contribution in [0.1, 0.15) is 15.9 Å². The van der Waals surface area contributed by atoms with Gasteiger partial charge in [-0.25, -0.2) is 0 Å². The first-order chi connectivity index (χ1) is 5.38. The van der Waals surface area contributed by atoms with E-state index in [0.717, 1.165) is 24.1 Å². The van der Waals surface area contributed by atoms with Crippen LogP contribution < -0.4 is 5.32 Å². The Morgan fingerprint density at radius 3 is 2.91 bits per heavy atom. The molecule has 0 atom stereocenters. The lowest BCUT2D eigenvalue weighted by Crippen LogP contribution is -2.31. The van der Waals surface area contributed by atoms with Gasteiger partial charge in [-0.2, -0.15) is 0 Å². The lowest BCUT2D eigenvalue weighted by Gasteiger charge is -2.15. The van der Waals surface area contributed by atoms with Crippen LogP contribution in [0.25, 0.3) is 0 Å². The van der Waals surface area contributed by atoms with Crippen LogP contribution in [0.5, 0.6) is 0 Å². The van der Waals surface area contributed by atoms with Crippen LogP contribution in [0, 0.1) is 0 Å². The van der Waals surface area contributed by atoms with Crippen molar-refractivity contribution >= 4 is 5.91 Å². The normalized spacial score (nSPS) is 15.5. The number of carbonyl (C=O) groups is 1. The number of hydrogen-bond acceptors (Lipinski definition) is 1. The van der Waals surface area contributed by atoms with E-state index in [9.17, 15) is 4.79 Å². The zero-order chi connectivity index (χ0) is 7.68. The van der Waals surface area contributed by atoms with E-state index in [1.54, 1.807) is 0 Å². The third-order valence-corrected chi connectivity index (χ3v) is 1.94. The van der Waals surface area contributed by atoms with Crippen LogP contribution in [0.2, 0.25) is 0 Å². The lowest BCUT2D eigenvalue weighted by atomic mass is 10.1. The summed E-state index contributed by atoms with van der Waals surface area (Å²) in [4.78, 5) is 11.2. The van der Waals surface area contributed by atoms with Crippen molar-refractivity contribution in [3.63, 3.8) is 0 Å². The van der Waals surface area contributed by atoms with Crippen LogP contribution in [0.4, 0.5) is 0 Å². The van der Waals surface area contributed by atoms with Crippen molar-refractivity contribution in [1.29, 1.82) is 0 Å². The van der Waals surface area contributed by atoms with Crippen molar-refractivity contribution in [3.8, 4) is 0 Å². The number of benzene rings is 1. The van der Waals surface area contributed by atoms with Crippen molar-refractivity contribution in [2.24, 2.45) is 0 Å². The molecule has 1 aromatic rings. The van der Waals surface area contributed by atoms with Crippen molar-refractivity contribution in [2.75, 3.05) is 6.54 Å². The van der Waals surface area contributed by atoms with Gasteiger partial charge in [0.25, 0.3) is 5.91 Å². The molecule has 0 fully saturated rings. The molecule has 2 rings (SSSR count). The van der Waals surface area contributed by atoms with Gasteiger partial charge >= 0.3 is 0 Å².